The van der Waals surface area contributed by atoms with E-state index in [1.54, 1.807) is 0 Å². The maximum absolute atomic E-state index is 11.6. The monoisotopic (exact) mass is 307 g/mol. The molecule has 1 saturated carbocycles. The van der Waals surface area contributed by atoms with Crippen LogP contribution in [-0.2, 0) is 6.54 Å². The van der Waals surface area contributed by atoms with Crippen LogP contribution in [0.3, 0.4) is 0 Å². The van der Waals surface area contributed by atoms with Crippen molar-refractivity contribution in [3.63, 3.8) is 0 Å². The number of rotatable bonds is 3. The van der Waals surface area contributed by atoms with Crippen LogP contribution >= 0.6 is 11.3 Å². The molecule has 1 aliphatic heterocycles. The molecule has 0 bridgehead atoms. The summed E-state index contributed by atoms with van der Waals surface area (Å²) in [6, 6.07) is 2.00. The first-order valence-corrected chi connectivity index (χ1v) is 8.76. The van der Waals surface area contributed by atoms with Gasteiger partial charge in [0, 0.05) is 11.4 Å². The van der Waals surface area contributed by atoms with Crippen molar-refractivity contribution in [2.24, 2.45) is 11.3 Å². The van der Waals surface area contributed by atoms with Gasteiger partial charge in [0.25, 0.3) is 5.91 Å². The summed E-state index contributed by atoms with van der Waals surface area (Å²) in [5.41, 5.74) is 4.17. The largest absolute Gasteiger partial charge is 0.299 e. The maximum Gasteiger partial charge on any atom is 0.275 e. The second-order valence-electron chi connectivity index (χ2n) is 6.65. The van der Waals surface area contributed by atoms with Gasteiger partial charge in [0.2, 0.25) is 0 Å². The van der Waals surface area contributed by atoms with E-state index >= 15 is 0 Å². The van der Waals surface area contributed by atoms with Gasteiger partial charge in [-0.15, -0.1) is 11.3 Å². The van der Waals surface area contributed by atoms with E-state index in [2.05, 4.69) is 17.2 Å². The Morgan fingerprint density at radius 3 is 2.62 bits per heavy atom. The number of hydrogen-bond donors (Lipinski definition) is 2. The van der Waals surface area contributed by atoms with Crippen molar-refractivity contribution in [2.45, 2.75) is 52.0 Å². The van der Waals surface area contributed by atoms with Gasteiger partial charge in [-0.1, -0.05) is 12.8 Å². The summed E-state index contributed by atoms with van der Waals surface area (Å²) in [5.74, 6) is 5.03. The average molecular weight is 307 g/mol. The molecular weight excluding hydrogens is 282 g/mol. The smallest absolute Gasteiger partial charge is 0.275 e. The fourth-order valence-electron chi connectivity index (χ4n) is 3.91. The average Bonchev–Trinajstić information content (AvgIpc) is 3.09. The second-order valence-corrected chi connectivity index (χ2v) is 7.91. The Kier molecular flexibility index (Phi) is 4.33. The molecule has 1 aliphatic carbocycles. The number of nitrogens with two attached hydrogens (primary N) is 1. The normalized spacial score (nSPS) is 21.8. The number of amides is 1. The lowest BCUT2D eigenvalue weighted by Gasteiger charge is -2.39. The van der Waals surface area contributed by atoms with Gasteiger partial charge in [0.05, 0.1) is 4.88 Å². The predicted octanol–water partition coefficient (Wildman–Crippen LogP) is 2.82. The fraction of sp³-hybridized carbons (Fsp3) is 0.688. The molecule has 3 N–H and O–H groups in total. The van der Waals surface area contributed by atoms with Crippen LogP contribution in [0.1, 0.15) is 58.6 Å². The Labute approximate surface area is 130 Å². The van der Waals surface area contributed by atoms with Crippen molar-refractivity contribution < 1.29 is 4.79 Å². The first-order valence-electron chi connectivity index (χ1n) is 7.94. The van der Waals surface area contributed by atoms with Gasteiger partial charge in [-0.3, -0.25) is 15.1 Å². The van der Waals surface area contributed by atoms with Crippen LogP contribution < -0.4 is 11.3 Å². The number of aryl methyl sites for hydroxylation is 1. The van der Waals surface area contributed by atoms with E-state index in [1.807, 2.05) is 6.07 Å². The highest BCUT2D eigenvalue weighted by Gasteiger charge is 2.36. The minimum Gasteiger partial charge on any atom is -0.299 e. The van der Waals surface area contributed by atoms with E-state index in [1.165, 1.54) is 73.4 Å². The molecule has 2 heterocycles. The summed E-state index contributed by atoms with van der Waals surface area (Å²) in [5, 5.41) is 0. The van der Waals surface area contributed by atoms with Gasteiger partial charge in [0.1, 0.15) is 0 Å². The molecule has 4 nitrogen and oxygen atoms in total. The standard InChI is InChI=1S/C16H25N3OS/c1-12-13(10-14(21-12)15(20)18-17)11-19-8-6-16(7-9-19)4-2-3-5-16/h10H,2-9,11,17H2,1H3,(H,18,20). The number of carbonyl (C=O) groups is 1. The lowest BCUT2D eigenvalue weighted by atomic mass is 9.77. The van der Waals surface area contributed by atoms with E-state index in [0.717, 1.165) is 6.54 Å². The highest BCUT2D eigenvalue weighted by Crippen LogP contribution is 2.46. The molecule has 1 amide bonds. The van der Waals surface area contributed by atoms with Crippen LogP contribution in [-0.4, -0.2) is 23.9 Å². The predicted molar refractivity (Wildman–Crippen MR) is 86.1 cm³/mol. The molecule has 0 radical (unpaired) electrons. The summed E-state index contributed by atoms with van der Waals surface area (Å²) in [6.07, 6.45) is 8.46. The van der Waals surface area contributed by atoms with Gasteiger partial charge in [-0.05, 0) is 62.7 Å². The van der Waals surface area contributed by atoms with Crippen molar-refractivity contribution >= 4 is 17.2 Å². The van der Waals surface area contributed by atoms with Gasteiger partial charge < -0.3 is 0 Å². The molecule has 2 aliphatic rings. The Morgan fingerprint density at radius 1 is 1.33 bits per heavy atom. The molecule has 0 atom stereocenters. The van der Waals surface area contributed by atoms with Crippen LogP contribution in [0.15, 0.2) is 6.07 Å². The zero-order valence-corrected chi connectivity index (χ0v) is 13.6. The van der Waals surface area contributed by atoms with Crippen molar-refractivity contribution in [1.29, 1.82) is 0 Å². The third-order valence-corrected chi connectivity index (χ3v) is 6.44. The minimum atomic E-state index is -0.182. The van der Waals surface area contributed by atoms with E-state index in [0.29, 0.717) is 10.3 Å². The van der Waals surface area contributed by atoms with Gasteiger partial charge in [-0.25, -0.2) is 5.84 Å². The Morgan fingerprint density at radius 2 is 2.00 bits per heavy atom. The highest BCUT2D eigenvalue weighted by molar-refractivity contribution is 7.14. The number of piperidine rings is 1. The number of nitrogens with one attached hydrogen (secondary N) is 1. The first kappa shape index (κ1) is 15.0. The SMILES string of the molecule is Cc1sc(C(=O)NN)cc1CN1CCC2(CCCC2)CC1. The third-order valence-electron chi connectivity index (χ3n) is 5.35. The molecule has 116 valence electrons. The molecule has 0 unspecified atom stereocenters. The summed E-state index contributed by atoms with van der Waals surface area (Å²) in [7, 11) is 0. The summed E-state index contributed by atoms with van der Waals surface area (Å²) >= 11 is 1.54. The molecule has 0 aromatic carbocycles. The van der Waals surface area contributed by atoms with Crippen molar-refractivity contribution in [3.05, 3.63) is 21.4 Å². The van der Waals surface area contributed by atoms with Crippen LogP contribution in [0.5, 0.6) is 0 Å². The molecule has 1 aromatic rings. The van der Waals surface area contributed by atoms with Gasteiger partial charge in [0.15, 0.2) is 0 Å². The third kappa shape index (κ3) is 3.15. The number of nitrogens with zero attached hydrogens (tertiary/aromatic N) is 1. The lowest BCUT2D eigenvalue weighted by Crippen LogP contribution is -2.38. The van der Waals surface area contributed by atoms with Gasteiger partial charge in [-0.2, -0.15) is 0 Å². The number of likely N-dealkylation sites (tertiary alicyclic amines) is 1. The lowest BCUT2D eigenvalue weighted by molar-refractivity contribution is 0.0957. The Bertz CT molecular complexity index is 510. The zero-order chi connectivity index (χ0) is 14.9. The van der Waals surface area contributed by atoms with E-state index in [-0.39, 0.29) is 5.91 Å². The molecule has 5 heteroatoms. The summed E-state index contributed by atoms with van der Waals surface area (Å²) < 4.78 is 0. The highest BCUT2D eigenvalue weighted by atomic mass is 32.1. The van der Waals surface area contributed by atoms with E-state index < -0.39 is 0 Å². The van der Waals surface area contributed by atoms with Crippen molar-refractivity contribution in [2.75, 3.05) is 13.1 Å². The Balaban J connectivity index is 1.60. The molecule has 3 rings (SSSR count). The fourth-order valence-corrected chi connectivity index (χ4v) is 4.85. The number of hydrazine groups is 1. The van der Waals surface area contributed by atoms with Crippen molar-refractivity contribution in [1.82, 2.24) is 10.3 Å². The van der Waals surface area contributed by atoms with E-state index in [9.17, 15) is 4.79 Å². The molecule has 21 heavy (non-hydrogen) atoms. The number of nitrogen functional groups attached to an aromatic ring is 1. The summed E-state index contributed by atoms with van der Waals surface area (Å²) in [6.45, 7) is 5.47. The van der Waals surface area contributed by atoms with Crippen molar-refractivity contribution in [3.8, 4) is 0 Å². The molecular formula is C16H25N3OS. The van der Waals surface area contributed by atoms with Gasteiger partial charge >= 0.3 is 0 Å². The Hall–Kier alpha value is -0.910. The number of thiophene rings is 1. The van der Waals surface area contributed by atoms with E-state index in [4.69, 9.17) is 5.84 Å². The second kappa shape index (κ2) is 6.07. The van der Waals surface area contributed by atoms with Crippen LogP contribution in [0, 0.1) is 12.3 Å². The number of carbonyl (C=O) groups excluding carboxylic acids is 1. The minimum absolute atomic E-state index is 0.182. The molecule has 2 fully saturated rings. The van der Waals surface area contributed by atoms with Crippen LogP contribution in [0.4, 0.5) is 0 Å². The molecule has 1 aromatic heterocycles. The number of hydrogen-bond acceptors (Lipinski definition) is 4. The quantitative estimate of drug-likeness (QED) is 0.513. The molecule has 1 saturated heterocycles. The molecule has 1 spiro atoms. The summed E-state index contributed by atoms with van der Waals surface area (Å²) in [4.78, 5) is 16.1. The topological polar surface area (TPSA) is 58.4 Å². The first-order chi connectivity index (χ1) is 10.1. The zero-order valence-electron chi connectivity index (χ0n) is 12.8. The van der Waals surface area contributed by atoms with Crippen LogP contribution in [0.2, 0.25) is 0 Å². The maximum atomic E-state index is 11.6. The van der Waals surface area contributed by atoms with Crippen LogP contribution in [0.25, 0.3) is 0 Å².